The van der Waals surface area contributed by atoms with Crippen LogP contribution in [0.4, 0.5) is 5.69 Å². The summed E-state index contributed by atoms with van der Waals surface area (Å²) in [6.07, 6.45) is 3.73. The summed E-state index contributed by atoms with van der Waals surface area (Å²) in [5, 5.41) is 4.45. The molecule has 0 amide bonds. The summed E-state index contributed by atoms with van der Waals surface area (Å²) in [5.74, 6) is 0. The van der Waals surface area contributed by atoms with Crippen molar-refractivity contribution in [1.29, 1.82) is 0 Å². The first-order chi connectivity index (χ1) is 7.58. The van der Waals surface area contributed by atoms with Crippen LogP contribution in [0.3, 0.4) is 0 Å². The van der Waals surface area contributed by atoms with E-state index in [0.29, 0.717) is 6.04 Å². The third kappa shape index (κ3) is 1.91. The lowest BCUT2D eigenvalue weighted by atomic mass is 10.1. The van der Waals surface area contributed by atoms with Crippen molar-refractivity contribution in [2.24, 2.45) is 0 Å². The second-order valence-electron chi connectivity index (χ2n) is 4.18. The number of nitrogens with zero attached hydrogens (tertiary/aromatic N) is 3. The third-order valence-corrected chi connectivity index (χ3v) is 2.51. The number of pyridine rings is 1. The number of hydrogen-bond donors (Lipinski definition) is 1. The Bertz CT molecular complexity index is 499. The van der Waals surface area contributed by atoms with Gasteiger partial charge in [-0.25, -0.2) is 0 Å². The lowest BCUT2D eigenvalue weighted by molar-refractivity contribution is 0.529. The van der Waals surface area contributed by atoms with Crippen LogP contribution in [0.25, 0.3) is 11.3 Å². The normalized spacial score (nSPS) is 11.0. The van der Waals surface area contributed by atoms with Gasteiger partial charge in [0.25, 0.3) is 0 Å². The summed E-state index contributed by atoms with van der Waals surface area (Å²) in [6, 6.07) is 4.01. The van der Waals surface area contributed by atoms with Crippen LogP contribution >= 0.6 is 0 Å². The van der Waals surface area contributed by atoms with Gasteiger partial charge in [-0.2, -0.15) is 5.10 Å². The van der Waals surface area contributed by atoms with Crippen molar-refractivity contribution in [2.45, 2.75) is 26.8 Å². The van der Waals surface area contributed by atoms with Crippen LogP contribution in [0.2, 0.25) is 0 Å². The quantitative estimate of drug-likeness (QED) is 0.838. The highest BCUT2D eigenvalue weighted by atomic mass is 15.3. The van der Waals surface area contributed by atoms with Crippen LogP contribution in [0.5, 0.6) is 0 Å². The molecular weight excluding hydrogens is 200 g/mol. The van der Waals surface area contributed by atoms with Gasteiger partial charge in [0.2, 0.25) is 0 Å². The Morgan fingerprint density at radius 3 is 2.69 bits per heavy atom. The minimum Gasteiger partial charge on any atom is -0.399 e. The minimum atomic E-state index is 0.355. The summed E-state index contributed by atoms with van der Waals surface area (Å²) >= 11 is 0. The first kappa shape index (κ1) is 10.7. The second-order valence-corrected chi connectivity index (χ2v) is 4.18. The predicted molar refractivity (Wildman–Crippen MR) is 65.0 cm³/mol. The fourth-order valence-electron chi connectivity index (χ4n) is 1.59. The SMILES string of the molecule is Cc1nn(C(C)C)cc1-c1cc(N)ccn1. The first-order valence-electron chi connectivity index (χ1n) is 5.35. The largest absolute Gasteiger partial charge is 0.399 e. The van der Waals surface area contributed by atoms with Crippen molar-refractivity contribution < 1.29 is 0 Å². The Balaban J connectivity index is 2.48. The van der Waals surface area contributed by atoms with E-state index in [0.717, 1.165) is 22.6 Å². The van der Waals surface area contributed by atoms with Crippen LogP contribution < -0.4 is 5.73 Å². The molecule has 0 saturated heterocycles. The first-order valence-corrected chi connectivity index (χ1v) is 5.35. The van der Waals surface area contributed by atoms with Gasteiger partial charge in [-0.1, -0.05) is 0 Å². The van der Waals surface area contributed by atoms with Gasteiger partial charge in [-0.3, -0.25) is 9.67 Å². The molecule has 84 valence electrons. The molecule has 2 heterocycles. The van der Waals surface area contributed by atoms with Crippen molar-refractivity contribution in [3.05, 3.63) is 30.2 Å². The third-order valence-electron chi connectivity index (χ3n) is 2.51. The van der Waals surface area contributed by atoms with Crippen molar-refractivity contribution >= 4 is 5.69 Å². The Morgan fingerprint density at radius 1 is 1.38 bits per heavy atom. The van der Waals surface area contributed by atoms with Crippen LogP contribution in [0.15, 0.2) is 24.5 Å². The molecule has 2 N–H and O–H groups in total. The molecule has 0 aliphatic rings. The Morgan fingerprint density at radius 2 is 2.12 bits per heavy atom. The van der Waals surface area contributed by atoms with Gasteiger partial charge in [0.1, 0.15) is 0 Å². The highest BCUT2D eigenvalue weighted by molar-refractivity contribution is 5.64. The smallest absolute Gasteiger partial charge is 0.0756 e. The van der Waals surface area contributed by atoms with E-state index in [4.69, 9.17) is 5.73 Å². The molecule has 0 saturated carbocycles. The summed E-state index contributed by atoms with van der Waals surface area (Å²) in [5.41, 5.74) is 9.37. The lowest BCUT2D eigenvalue weighted by Gasteiger charge is -2.03. The fraction of sp³-hybridized carbons (Fsp3) is 0.333. The molecule has 0 atom stereocenters. The summed E-state index contributed by atoms with van der Waals surface area (Å²) in [4.78, 5) is 4.31. The Hall–Kier alpha value is -1.84. The zero-order valence-corrected chi connectivity index (χ0v) is 9.81. The monoisotopic (exact) mass is 216 g/mol. The number of nitrogen functional groups attached to an aromatic ring is 1. The maximum atomic E-state index is 5.75. The van der Waals surface area contributed by atoms with Gasteiger partial charge in [0.15, 0.2) is 0 Å². The molecule has 0 aliphatic carbocycles. The predicted octanol–water partition coefficient (Wildman–Crippen LogP) is 2.42. The maximum absolute atomic E-state index is 5.75. The van der Waals surface area contributed by atoms with Crippen molar-refractivity contribution in [1.82, 2.24) is 14.8 Å². The number of anilines is 1. The van der Waals surface area contributed by atoms with E-state index >= 15 is 0 Å². The number of aryl methyl sites for hydroxylation is 1. The number of hydrogen-bond acceptors (Lipinski definition) is 3. The van der Waals surface area contributed by atoms with Crippen LogP contribution in [0.1, 0.15) is 25.6 Å². The molecule has 0 fully saturated rings. The number of rotatable bonds is 2. The van der Waals surface area contributed by atoms with Gasteiger partial charge in [0.05, 0.1) is 11.4 Å². The molecule has 0 bridgehead atoms. The molecule has 0 radical (unpaired) electrons. The average Bonchev–Trinajstić information content (AvgIpc) is 2.60. The standard InChI is InChI=1S/C12H16N4/c1-8(2)16-7-11(9(3)15-16)12-6-10(13)4-5-14-12/h4-8H,1-3H3,(H2,13,14). The second kappa shape index (κ2) is 3.96. The van der Waals surface area contributed by atoms with E-state index in [1.54, 1.807) is 12.3 Å². The van der Waals surface area contributed by atoms with Crippen LogP contribution in [-0.2, 0) is 0 Å². The van der Waals surface area contributed by atoms with Gasteiger partial charge >= 0.3 is 0 Å². The van der Waals surface area contributed by atoms with E-state index in [2.05, 4.69) is 23.9 Å². The van der Waals surface area contributed by atoms with E-state index in [-0.39, 0.29) is 0 Å². The summed E-state index contributed by atoms with van der Waals surface area (Å²) in [6.45, 7) is 6.19. The Kier molecular flexibility index (Phi) is 2.64. The topological polar surface area (TPSA) is 56.7 Å². The minimum absolute atomic E-state index is 0.355. The van der Waals surface area contributed by atoms with Crippen molar-refractivity contribution in [3.8, 4) is 11.3 Å². The number of nitrogens with two attached hydrogens (primary N) is 1. The molecule has 0 aliphatic heterocycles. The molecule has 16 heavy (non-hydrogen) atoms. The lowest BCUT2D eigenvalue weighted by Crippen LogP contribution is -2.00. The average molecular weight is 216 g/mol. The summed E-state index contributed by atoms with van der Waals surface area (Å²) < 4.78 is 1.94. The molecule has 2 rings (SSSR count). The molecule has 0 spiro atoms. The van der Waals surface area contributed by atoms with Crippen LogP contribution in [0, 0.1) is 6.92 Å². The summed E-state index contributed by atoms with van der Waals surface area (Å²) in [7, 11) is 0. The molecular formula is C12H16N4. The maximum Gasteiger partial charge on any atom is 0.0756 e. The van der Waals surface area contributed by atoms with E-state index in [1.807, 2.05) is 23.9 Å². The van der Waals surface area contributed by atoms with Crippen molar-refractivity contribution in [3.63, 3.8) is 0 Å². The molecule has 0 unspecified atom stereocenters. The van der Waals surface area contributed by atoms with Gasteiger partial charge in [-0.15, -0.1) is 0 Å². The number of aromatic nitrogens is 3. The Labute approximate surface area is 95.1 Å². The molecule has 0 aromatic carbocycles. The zero-order valence-electron chi connectivity index (χ0n) is 9.81. The van der Waals surface area contributed by atoms with E-state index in [1.165, 1.54) is 0 Å². The zero-order chi connectivity index (χ0) is 11.7. The molecule has 2 aromatic heterocycles. The highest BCUT2D eigenvalue weighted by Gasteiger charge is 2.10. The highest BCUT2D eigenvalue weighted by Crippen LogP contribution is 2.23. The molecule has 4 nitrogen and oxygen atoms in total. The van der Waals surface area contributed by atoms with E-state index in [9.17, 15) is 0 Å². The van der Waals surface area contributed by atoms with Gasteiger partial charge in [-0.05, 0) is 32.9 Å². The van der Waals surface area contributed by atoms with Gasteiger partial charge in [0, 0.05) is 29.7 Å². The van der Waals surface area contributed by atoms with Gasteiger partial charge < -0.3 is 5.73 Å². The fourth-order valence-corrected chi connectivity index (χ4v) is 1.59. The molecule has 4 heteroatoms. The van der Waals surface area contributed by atoms with E-state index < -0.39 is 0 Å². The van der Waals surface area contributed by atoms with Crippen LogP contribution in [-0.4, -0.2) is 14.8 Å². The molecule has 2 aromatic rings. The van der Waals surface area contributed by atoms with Crippen molar-refractivity contribution in [2.75, 3.05) is 5.73 Å².